The molecule has 0 aliphatic rings. The molecule has 1 atom stereocenters. The summed E-state index contributed by atoms with van der Waals surface area (Å²) < 4.78 is 21.0. The average Bonchev–Trinajstić information content (AvgIpc) is 2.73. The quantitative estimate of drug-likeness (QED) is 0.295. The summed E-state index contributed by atoms with van der Waals surface area (Å²) in [6.07, 6.45) is 5.80. The minimum absolute atomic E-state index is 0.482. The molecule has 158 valence electrons. The van der Waals surface area contributed by atoms with Crippen molar-refractivity contribution in [1.29, 1.82) is 0 Å². The molecule has 1 unspecified atom stereocenters. The lowest BCUT2D eigenvalue weighted by Crippen LogP contribution is -2.42. The van der Waals surface area contributed by atoms with Gasteiger partial charge in [0.15, 0.2) is 16.9 Å². The van der Waals surface area contributed by atoms with Crippen molar-refractivity contribution < 1.29 is 28.5 Å². The highest BCUT2D eigenvalue weighted by molar-refractivity contribution is 6.00. The van der Waals surface area contributed by atoms with Crippen LogP contribution in [0.1, 0.15) is 64.4 Å². The Bertz CT molecular complexity index is 624. The second kappa shape index (κ2) is 11.6. The molecule has 6 nitrogen and oxygen atoms in total. The molecule has 0 radical (unpaired) electrons. The molecule has 0 saturated carbocycles. The second-order valence-corrected chi connectivity index (χ2v) is 7.08. The van der Waals surface area contributed by atoms with Gasteiger partial charge in [-0.15, -0.1) is 0 Å². The lowest BCUT2D eigenvalue weighted by molar-refractivity contribution is -0.169. The smallest absolute Gasteiger partial charge is 0.323 e. The molecule has 0 aliphatic carbocycles. The molecule has 0 bridgehead atoms. The first-order chi connectivity index (χ1) is 13.4. The van der Waals surface area contributed by atoms with Crippen LogP contribution in [0.2, 0.25) is 0 Å². The van der Waals surface area contributed by atoms with E-state index in [0.717, 1.165) is 18.4 Å². The van der Waals surface area contributed by atoms with Gasteiger partial charge in [0.05, 0.1) is 27.9 Å². The number of unbranched alkanes of at least 4 members (excludes halogenated alkanes) is 4. The molecule has 6 heteroatoms. The minimum Gasteiger partial charge on any atom is -0.493 e. The molecule has 1 rings (SSSR count). The summed E-state index contributed by atoms with van der Waals surface area (Å²) in [6.45, 7) is 6.13. The zero-order valence-corrected chi connectivity index (χ0v) is 18.0. The first kappa shape index (κ1) is 23.8. The van der Waals surface area contributed by atoms with Gasteiger partial charge in [-0.2, -0.15) is 0 Å². The zero-order valence-electron chi connectivity index (χ0n) is 18.0. The van der Waals surface area contributed by atoms with Gasteiger partial charge in [-0.25, -0.2) is 0 Å². The van der Waals surface area contributed by atoms with E-state index in [1.165, 1.54) is 40.4 Å². The van der Waals surface area contributed by atoms with Crippen LogP contribution < -0.4 is 9.47 Å². The number of hydrogen-bond acceptors (Lipinski definition) is 6. The van der Waals surface area contributed by atoms with Gasteiger partial charge in [-0.3, -0.25) is 9.59 Å². The third kappa shape index (κ3) is 5.63. The van der Waals surface area contributed by atoms with Crippen LogP contribution in [0, 0.1) is 5.41 Å². The maximum atomic E-state index is 12.3. The number of carbonyl (C=O) groups excluding carboxylic acids is 2. The van der Waals surface area contributed by atoms with Crippen LogP contribution in [0.3, 0.4) is 0 Å². The van der Waals surface area contributed by atoms with Gasteiger partial charge in [0.1, 0.15) is 0 Å². The average molecular weight is 395 g/mol. The van der Waals surface area contributed by atoms with Crippen LogP contribution in [-0.2, 0) is 19.1 Å². The van der Waals surface area contributed by atoms with Gasteiger partial charge in [-0.1, -0.05) is 45.6 Å². The van der Waals surface area contributed by atoms with Gasteiger partial charge in [-0.05, 0) is 31.0 Å². The molecule has 28 heavy (non-hydrogen) atoms. The highest BCUT2D eigenvalue weighted by Gasteiger charge is 2.49. The SMILES string of the molecule is CCCCCCCOc1ccc(C(C)C(C)(C(=O)OC)C(=O)OC)cc1OC. The van der Waals surface area contributed by atoms with Crippen LogP contribution in [0.4, 0.5) is 0 Å². The van der Waals surface area contributed by atoms with Crippen LogP contribution in [0.5, 0.6) is 11.5 Å². The monoisotopic (exact) mass is 394 g/mol. The number of hydrogen-bond donors (Lipinski definition) is 0. The van der Waals surface area contributed by atoms with Crippen LogP contribution in [0.25, 0.3) is 0 Å². The lowest BCUT2D eigenvalue weighted by Gasteiger charge is -2.30. The molecular formula is C22H34O6. The summed E-state index contributed by atoms with van der Waals surface area (Å²) in [7, 11) is 4.08. The van der Waals surface area contributed by atoms with Crippen molar-refractivity contribution in [2.45, 2.75) is 58.8 Å². The number of carbonyl (C=O) groups is 2. The van der Waals surface area contributed by atoms with E-state index in [4.69, 9.17) is 18.9 Å². The number of esters is 2. The molecule has 0 saturated heterocycles. The first-order valence-electron chi connectivity index (χ1n) is 9.84. The van der Waals surface area contributed by atoms with E-state index in [2.05, 4.69) is 6.92 Å². The Balaban J connectivity index is 2.96. The van der Waals surface area contributed by atoms with Crippen molar-refractivity contribution in [3.05, 3.63) is 23.8 Å². The fourth-order valence-corrected chi connectivity index (χ4v) is 3.15. The summed E-state index contributed by atoms with van der Waals surface area (Å²) in [5, 5.41) is 0. The topological polar surface area (TPSA) is 71.1 Å². The van der Waals surface area contributed by atoms with Gasteiger partial charge in [0.2, 0.25) is 0 Å². The molecule has 0 heterocycles. The minimum atomic E-state index is -1.46. The molecule has 0 spiro atoms. The highest BCUT2D eigenvalue weighted by atomic mass is 16.5. The van der Waals surface area contributed by atoms with E-state index in [1.807, 2.05) is 12.1 Å². The summed E-state index contributed by atoms with van der Waals surface area (Å²) in [6, 6.07) is 5.44. The molecule has 0 N–H and O–H groups in total. The van der Waals surface area contributed by atoms with Crippen molar-refractivity contribution in [3.63, 3.8) is 0 Å². The Kier molecular flexibility index (Phi) is 9.83. The van der Waals surface area contributed by atoms with E-state index in [-0.39, 0.29) is 0 Å². The van der Waals surface area contributed by atoms with E-state index >= 15 is 0 Å². The number of methoxy groups -OCH3 is 3. The Hall–Kier alpha value is -2.24. The fraction of sp³-hybridized carbons (Fsp3) is 0.636. The normalized spacial score (nSPS) is 12.2. The number of rotatable bonds is 12. The van der Waals surface area contributed by atoms with Crippen LogP contribution in [0.15, 0.2) is 18.2 Å². The van der Waals surface area contributed by atoms with E-state index < -0.39 is 23.3 Å². The van der Waals surface area contributed by atoms with E-state index in [9.17, 15) is 9.59 Å². The molecule has 1 aromatic carbocycles. The molecule has 0 amide bonds. The highest BCUT2D eigenvalue weighted by Crippen LogP contribution is 2.41. The summed E-state index contributed by atoms with van der Waals surface area (Å²) in [4.78, 5) is 24.7. The second-order valence-electron chi connectivity index (χ2n) is 7.08. The van der Waals surface area contributed by atoms with Gasteiger partial charge in [0, 0.05) is 5.92 Å². The molecule has 0 aromatic heterocycles. The van der Waals surface area contributed by atoms with E-state index in [0.29, 0.717) is 18.1 Å². The Morgan fingerprint density at radius 2 is 1.57 bits per heavy atom. The van der Waals surface area contributed by atoms with E-state index in [1.54, 1.807) is 20.1 Å². The number of ether oxygens (including phenoxy) is 4. The molecule has 1 aromatic rings. The maximum Gasteiger partial charge on any atom is 0.323 e. The van der Waals surface area contributed by atoms with Crippen molar-refractivity contribution in [2.75, 3.05) is 27.9 Å². The lowest BCUT2D eigenvalue weighted by atomic mass is 9.74. The van der Waals surface area contributed by atoms with Crippen LogP contribution in [-0.4, -0.2) is 39.9 Å². The number of benzene rings is 1. The predicted octanol–water partition coefficient (Wildman–Crippen LogP) is 4.50. The third-order valence-corrected chi connectivity index (χ3v) is 5.28. The van der Waals surface area contributed by atoms with Gasteiger partial charge >= 0.3 is 11.9 Å². The van der Waals surface area contributed by atoms with Crippen molar-refractivity contribution in [1.82, 2.24) is 0 Å². The standard InChI is InChI=1S/C22H34O6/c1-7-8-9-10-11-14-28-18-13-12-17(15-19(18)25-4)16(2)22(3,20(23)26-5)21(24)27-6/h12-13,15-16H,7-11,14H2,1-6H3. The molecule has 0 fully saturated rings. The zero-order chi connectivity index (χ0) is 21.2. The van der Waals surface area contributed by atoms with Crippen molar-refractivity contribution >= 4 is 11.9 Å². The molecular weight excluding hydrogens is 360 g/mol. The summed E-state index contributed by atoms with van der Waals surface area (Å²) in [5.74, 6) is -0.553. The first-order valence-corrected chi connectivity index (χ1v) is 9.84. The van der Waals surface area contributed by atoms with Gasteiger partial charge < -0.3 is 18.9 Å². The Morgan fingerprint density at radius 3 is 2.11 bits per heavy atom. The fourth-order valence-electron chi connectivity index (χ4n) is 3.15. The maximum absolute atomic E-state index is 12.3. The third-order valence-electron chi connectivity index (χ3n) is 5.28. The Labute approximate surface area is 168 Å². The summed E-state index contributed by atoms with van der Waals surface area (Å²) >= 11 is 0. The Morgan fingerprint density at radius 1 is 0.964 bits per heavy atom. The largest absolute Gasteiger partial charge is 0.493 e. The predicted molar refractivity (Wildman–Crippen MR) is 108 cm³/mol. The van der Waals surface area contributed by atoms with Crippen molar-refractivity contribution in [2.24, 2.45) is 5.41 Å². The van der Waals surface area contributed by atoms with Crippen molar-refractivity contribution in [3.8, 4) is 11.5 Å². The molecule has 0 aliphatic heterocycles. The summed E-state index contributed by atoms with van der Waals surface area (Å²) in [5.41, 5.74) is -0.707. The van der Waals surface area contributed by atoms with Gasteiger partial charge in [0.25, 0.3) is 0 Å². The van der Waals surface area contributed by atoms with Crippen LogP contribution >= 0.6 is 0 Å².